The molecule has 2 rings (SSSR count). The zero-order valence-corrected chi connectivity index (χ0v) is 13.3. The van der Waals surface area contributed by atoms with Gasteiger partial charge in [-0.1, -0.05) is 0 Å². The van der Waals surface area contributed by atoms with E-state index in [0.717, 1.165) is 0 Å². The fraction of sp³-hybridized carbons (Fsp3) is 0.667. The number of nitrogens with one attached hydrogen (secondary N) is 3. The summed E-state index contributed by atoms with van der Waals surface area (Å²) in [6.45, 7) is 4.66. The van der Waals surface area contributed by atoms with Gasteiger partial charge in [-0.05, 0) is 33.7 Å². The zero-order valence-electron chi connectivity index (χ0n) is 12.5. The van der Waals surface area contributed by atoms with Crippen LogP contribution in [0.25, 0.3) is 0 Å². The number of aromatic nitrogens is 2. The van der Waals surface area contributed by atoms with E-state index in [4.69, 9.17) is 11.1 Å². The number of rotatable bonds is 4. The number of sulfonamides is 1. The molecule has 5 N–H and O–H groups in total. The second-order valence-corrected chi connectivity index (χ2v) is 7.29. The molecule has 1 aromatic heterocycles. The van der Waals surface area contributed by atoms with Crippen molar-refractivity contribution in [2.24, 2.45) is 5.73 Å². The van der Waals surface area contributed by atoms with Crippen LogP contribution in [0.1, 0.15) is 24.2 Å². The smallest absolute Gasteiger partial charge is 0.245 e. The lowest BCUT2D eigenvalue weighted by molar-refractivity contribution is 0.218. The maximum absolute atomic E-state index is 12.7. The topological polar surface area (TPSA) is 128 Å². The first-order chi connectivity index (χ1) is 9.68. The Morgan fingerprint density at radius 2 is 2.00 bits per heavy atom. The van der Waals surface area contributed by atoms with E-state index in [1.54, 1.807) is 13.8 Å². The van der Waals surface area contributed by atoms with Crippen LogP contribution in [0.15, 0.2) is 4.90 Å². The SMILES string of the molecule is Cc1n[nH]c(C)c1S(=O)(=O)NC1(C(=N)N)CCN(C)CC1. The Labute approximate surface area is 124 Å². The number of amidine groups is 1. The van der Waals surface area contributed by atoms with E-state index in [1.165, 1.54) is 0 Å². The van der Waals surface area contributed by atoms with Crippen molar-refractivity contribution >= 4 is 15.9 Å². The van der Waals surface area contributed by atoms with Crippen LogP contribution in [-0.4, -0.2) is 55.0 Å². The van der Waals surface area contributed by atoms with Gasteiger partial charge in [0.1, 0.15) is 10.7 Å². The van der Waals surface area contributed by atoms with E-state index in [9.17, 15) is 8.42 Å². The van der Waals surface area contributed by atoms with Gasteiger partial charge in [0.15, 0.2) is 0 Å². The number of nitrogens with zero attached hydrogens (tertiary/aromatic N) is 2. The third-order valence-electron chi connectivity index (χ3n) is 4.02. The van der Waals surface area contributed by atoms with Crippen LogP contribution in [0.5, 0.6) is 0 Å². The van der Waals surface area contributed by atoms with Crippen LogP contribution >= 0.6 is 0 Å². The van der Waals surface area contributed by atoms with E-state index in [0.29, 0.717) is 37.3 Å². The largest absolute Gasteiger partial charge is 0.386 e. The number of piperidine rings is 1. The first kappa shape index (κ1) is 15.9. The molecule has 0 spiro atoms. The highest BCUT2D eigenvalue weighted by molar-refractivity contribution is 7.89. The predicted molar refractivity (Wildman–Crippen MR) is 79.8 cm³/mol. The Morgan fingerprint density at radius 1 is 1.43 bits per heavy atom. The molecule has 118 valence electrons. The number of likely N-dealkylation sites (tertiary alicyclic amines) is 1. The lowest BCUT2D eigenvalue weighted by Gasteiger charge is -2.39. The monoisotopic (exact) mass is 314 g/mol. The van der Waals surface area contributed by atoms with E-state index >= 15 is 0 Å². The second-order valence-electron chi connectivity index (χ2n) is 5.67. The highest BCUT2D eigenvalue weighted by Gasteiger charge is 2.41. The summed E-state index contributed by atoms with van der Waals surface area (Å²) in [5.41, 5.74) is 5.57. The lowest BCUT2D eigenvalue weighted by atomic mass is 9.88. The summed E-state index contributed by atoms with van der Waals surface area (Å²) in [7, 11) is -1.82. The molecule has 0 radical (unpaired) electrons. The van der Waals surface area contributed by atoms with Gasteiger partial charge in [0.05, 0.1) is 16.9 Å². The van der Waals surface area contributed by atoms with Gasteiger partial charge in [-0.3, -0.25) is 10.5 Å². The van der Waals surface area contributed by atoms with Crippen LogP contribution in [-0.2, 0) is 10.0 Å². The molecule has 1 saturated heterocycles. The molecule has 8 nitrogen and oxygen atoms in total. The van der Waals surface area contributed by atoms with Gasteiger partial charge in [-0.25, -0.2) is 8.42 Å². The normalized spacial score (nSPS) is 19.6. The summed E-state index contributed by atoms with van der Waals surface area (Å²) >= 11 is 0. The number of hydrogen-bond acceptors (Lipinski definition) is 5. The van der Waals surface area contributed by atoms with Gasteiger partial charge in [0, 0.05) is 13.1 Å². The highest BCUT2D eigenvalue weighted by atomic mass is 32.2. The number of aromatic amines is 1. The van der Waals surface area contributed by atoms with Gasteiger partial charge in [-0.15, -0.1) is 0 Å². The van der Waals surface area contributed by atoms with E-state index in [-0.39, 0.29) is 10.7 Å². The third kappa shape index (κ3) is 2.94. The molecule has 0 aromatic carbocycles. The van der Waals surface area contributed by atoms with E-state index < -0.39 is 15.6 Å². The molecule has 0 atom stereocenters. The van der Waals surface area contributed by atoms with E-state index in [1.807, 2.05) is 7.05 Å². The Hall–Kier alpha value is -1.45. The second kappa shape index (κ2) is 5.39. The van der Waals surface area contributed by atoms with Gasteiger partial charge in [0.2, 0.25) is 10.0 Å². The third-order valence-corrected chi connectivity index (χ3v) is 5.81. The average molecular weight is 314 g/mol. The Balaban J connectivity index is 2.35. The van der Waals surface area contributed by atoms with Crippen molar-refractivity contribution in [1.82, 2.24) is 19.8 Å². The van der Waals surface area contributed by atoms with Gasteiger partial charge < -0.3 is 10.6 Å². The minimum absolute atomic E-state index is 0.141. The predicted octanol–water partition coefficient (Wildman–Crippen LogP) is -0.295. The number of H-pyrrole nitrogens is 1. The fourth-order valence-corrected chi connectivity index (χ4v) is 4.49. The summed E-state index contributed by atoms with van der Waals surface area (Å²) in [6.07, 6.45) is 0.960. The Morgan fingerprint density at radius 3 is 2.43 bits per heavy atom. The van der Waals surface area contributed by atoms with Crippen molar-refractivity contribution in [3.63, 3.8) is 0 Å². The van der Waals surface area contributed by atoms with Crippen molar-refractivity contribution in [2.45, 2.75) is 37.1 Å². The molecule has 1 aromatic rings. The average Bonchev–Trinajstić information content (AvgIpc) is 2.72. The standard InChI is InChI=1S/C12H22N6O2S/c1-8-10(9(2)16-15-8)21(19,20)17-12(11(13)14)4-6-18(3)7-5-12/h17H,4-7H2,1-3H3,(H3,13,14)(H,15,16). The van der Waals surface area contributed by atoms with Gasteiger partial charge >= 0.3 is 0 Å². The summed E-state index contributed by atoms with van der Waals surface area (Å²) in [5.74, 6) is -0.141. The van der Waals surface area contributed by atoms with Crippen LogP contribution in [0.3, 0.4) is 0 Å². The zero-order chi connectivity index (χ0) is 15.8. The summed E-state index contributed by atoms with van der Waals surface area (Å²) in [6, 6.07) is 0. The quantitative estimate of drug-likeness (QED) is 0.448. The maximum atomic E-state index is 12.7. The Kier molecular flexibility index (Phi) is 4.09. The Bertz CT molecular complexity index is 623. The van der Waals surface area contributed by atoms with Crippen molar-refractivity contribution < 1.29 is 8.42 Å². The molecule has 0 unspecified atom stereocenters. The van der Waals surface area contributed by atoms with Gasteiger partial charge in [-0.2, -0.15) is 9.82 Å². The molecule has 0 aliphatic carbocycles. The molecule has 0 bridgehead atoms. The summed E-state index contributed by atoms with van der Waals surface area (Å²) < 4.78 is 28.0. The molecule has 0 saturated carbocycles. The van der Waals surface area contributed by atoms with Crippen LogP contribution in [0.2, 0.25) is 0 Å². The molecular formula is C12H22N6O2S. The summed E-state index contributed by atoms with van der Waals surface area (Å²) in [5, 5.41) is 14.4. The summed E-state index contributed by atoms with van der Waals surface area (Å²) in [4.78, 5) is 2.23. The molecule has 1 aliphatic heterocycles. The number of aryl methyl sites for hydroxylation is 2. The fourth-order valence-electron chi connectivity index (χ4n) is 2.67. The first-order valence-corrected chi connectivity index (χ1v) is 8.25. The van der Waals surface area contributed by atoms with Crippen LogP contribution in [0, 0.1) is 19.3 Å². The minimum atomic E-state index is -3.78. The molecule has 21 heavy (non-hydrogen) atoms. The first-order valence-electron chi connectivity index (χ1n) is 6.76. The van der Waals surface area contributed by atoms with Crippen LogP contribution < -0.4 is 10.5 Å². The lowest BCUT2D eigenvalue weighted by Crippen LogP contribution is -2.61. The van der Waals surface area contributed by atoms with Crippen molar-refractivity contribution in [3.8, 4) is 0 Å². The molecule has 2 heterocycles. The molecule has 1 fully saturated rings. The minimum Gasteiger partial charge on any atom is -0.386 e. The molecule has 9 heteroatoms. The van der Waals surface area contributed by atoms with Crippen LogP contribution in [0.4, 0.5) is 0 Å². The highest BCUT2D eigenvalue weighted by Crippen LogP contribution is 2.26. The van der Waals surface area contributed by atoms with Crippen molar-refractivity contribution in [1.29, 1.82) is 5.41 Å². The number of hydrogen-bond donors (Lipinski definition) is 4. The number of nitrogens with two attached hydrogens (primary N) is 1. The van der Waals surface area contributed by atoms with Crippen molar-refractivity contribution in [3.05, 3.63) is 11.4 Å². The van der Waals surface area contributed by atoms with Gasteiger partial charge in [0.25, 0.3) is 0 Å². The molecule has 1 aliphatic rings. The van der Waals surface area contributed by atoms with E-state index in [2.05, 4.69) is 19.8 Å². The maximum Gasteiger partial charge on any atom is 0.245 e. The molecular weight excluding hydrogens is 292 g/mol. The van der Waals surface area contributed by atoms with Crippen molar-refractivity contribution in [2.75, 3.05) is 20.1 Å². The molecule has 0 amide bonds.